The van der Waals surface area contributed by atoms with E-state index in [4.69, 9.17) is 5.11 Å². The van der Waals surface area contributed by atoms with Crippen molar-refractivity contribution in [1.82, 2.24) is 4.90 Å². The number of rotatable bonds is 1. The zero-order valence-electron chi connectivity index (χ0n) is 5.46. The highest BCUT2D eigenvalue weighted by atomic mass is 16.3. The summed E-state index contributed by atoms with van der Waals surface area (Å²) in [6, 6.07) is 0.610. The van der Waals surface area contributed by atoms with Crippen molar-refractivity contribution >= 4 is 0 Å². The van der Waals surface area contributed by atoms with Gasteiger partial charge in [-0.25, -0.2) is 0 Å². The molecular formula is C7H17NO. The first-order valence-electron chi connectivity index (χ1n) is 3.12. The van der Waals surface area contributed by atoms with Crippen molar-refractivity contribution in [3.8, 4) is 0 Å². The molecule has 0 unspecified atom stereocenters. The van der Waals surface area contributed by atoms with Crippen LogP contribution in [-0.4, -0.2) is 35.2 Å². The quantitative estimate of drug-likeness (QED) is 0.566. The van der Waals surface area contributed by atoms with Crippen LogP contribution in [0.4, 0.5) is 0 Å². The molecule has 0 aromatic carbocycles. The lowest BCUT2D eigenvalue weighted by Gasteiger charge is -2.38. The minimum Gasteiger partial charge on any atom is -0.390 e. The van der Waals surface area contributed by atoms with Crippen LogP contribution < -0.4 is 0 Å². The van der Waals surface area contributed by atoms with Gasteiger partial charge in [0, 0.05) is 19.1 Å². The van der Waals surface area contributed by atoms with Gasteiger partial charge in [-0.1, -0.05) is 7.43 Å². The first kappa shape index (κ1) is 8.92. The Hall–Kier alpha value is -0.0800. The fourth-order valence-corrected chi connectivity index (χ4v) is 0.910. The summed E-state index contributed by atoms with van der Waals surface area (Å²) >= 11 is 0. The SMILES string of the molecule is C.CC(C)N1CC(O)C1. The fourth-order valence-electron chi connectivity index (χ4n) is 0.910. The molecule has 1 heterocycles. The summed E-state index contributed by atoms with van der Waals surface area (Å²) in [7, 11) is 0. The van der Waals surface area contributed by atoms with Gasteiger partial charge in [-0.2, -0.15) is 0 Å². The summed E-state index contributed by atoms with van der Waals surface area (Å²) in [4.78, 5) is 2.24. The highest BCUT2D eigenvalue weighted by Gasteiger charge is 2.25. The molecule has 0 aromatic rings. The molecular weight excluding hydrogens is 114 g/mol. The second-order valence-electron chi connectivity index (χ2n) is 2.70. The first-order valence-corrected chi connectivity index (χ1v) is 3.12. The van der Waals surface area contributed by atoms with E-state index in [1.807, 2.05) is 0 Å². The van der Waals surface area contributed by atoms with Gasteiger partial charge in [-0.15, -0.1) is 0 Å². The molecule has 56 valence electrons. The molecule has 1 rings (SSSR count). The van der Waals surface area contributed by atoms with E-state index in [9.17, 15) is 0 Å². The molecule has 0 amide bonds. The Labute approximate surface area is 57.5 Å². The van der Waals surface area contributed by atoms with Gasteiger partial charge in [0.15, 0.2) is 0 Å². The molecule has 1 saturated heterocycles. The Morgan fingerprint density at radius 1 is 1.44 bits per heavy atom. The summed E-state index contributed by atoms with van der Waals surface area (Å²) in [5, 5.41) is 8.83. The summed E-state index contributed by atoms with van der Waals surface area (Å²) in [5.74, 6) is 0. The van der Waals surface area contributed by atoms with Gasteiger partial charge in [0.2, 0.25) is 0 Å². The normalized spacial score (nSPS) is 21.3. The lowest BCUT2D eigenvalue weighted by Crippen LogP contribution is -2.53. The topological polar surface area (TPSA) is 23.5 Å². The number of aliphatic hydroxyl groups excluding tert-OH is 1. The third-order valence-electron chi connectivity index (χ3n) is 1.62. The monoisotopic (exact) mass is 131 g/mol. The van der Waals surface area contributed by atoms with Gasteiger partial charge < -0.3 is 5.11 Å². The molecule has 1 aliphatic heterocycles. The maximum Gasteiger partial charge on any atom is 0.0794 e. The highest BCUT2D eigenvalue weighted by molar-refractivity contribution is 4.80. The molecule has 0 bridgehead atoms. The lowest BCUT2D eigenvalue weighted by molar-refractivity contribution is -0.0161. The standard InChI is InChI=1S/C6H13NO.CH4/c1-5(2)7-3-6(8)4-7;/h5-6,8H,3-4H2,1-2H3;1H4. The molecule has 0 aromatic heterocycles. The van der Waals surface area contributed by atoms with E-state index in [0.717, 1.165) is 13.1 Å². The summed E-state index contributed by atoms with van der Waals surface area (Å²) in [5.41, 5.74) is 0. The maximum atomic E-state index is 8.83. The van der Waals surface area contributed by atoms with E-state index in [0.29, 0.717) is 6.04 Å². The molecule has 2 heteroatoms. The fraction of sp³-hybridized carbons (Fsp3) is 1.00. The second-order valence-corrected chi connectivity index (χ2v) is 2.70. The molecule has 0 aliphatic carbocycles. The molecule has 0 radical (unpaired) electrons. The van der Waals surface area contributed by atoms with Crippen molar-refractivity contribution < 1.29 is 5.11 Å². The molecule has 1 N–H and O–H groups in total. The van der Waals surface area contributed by atoms with Crippen LogP contribution in [0.3, 0.4) is 0 Å². The highest BCUT2D eigenvalue weighted by Crippen LogP contribution is 2.10. The first-order chi connectivity index (χ1) is 3.70. The van der Waals surface area contributed by atoms with Crippen LogP contribution >= 0.6 is 0 Å². The third kappa shape index (κ3) is 1.95. The average molecular weight is 131 g/mol. The van der Waals surface area contributed by atoms with Gasteiger partial charge in [-0.3, -0.25) is 4.90 Å². The van der Waals surface area contributed by atoms with E-state index in [1.54, 1.807) is 0 Å². The summed E-state index contributed by atoms with van der Waals surface area (Å²) in [6.07, 6.45) is -0.0441. The minimum absolute atomic E-state index is 0. The largest absolute Gasteiger partial charge is 0.390 e. The van der Waals surface area contributed by atoms with Crippen LogP contribution in [0.5, 0.6) is 0 Å². The van der Waals surface area contributed by atoms with Crippen molar-refractivity contribution in [2.24, 2.45) is 0 Å². The van der Waals surface area contributed by atoms with Crippen LogP contribution in [0.2, 0.25) is 0 Å². The Bertz CT molecular complexity index is 77.0. The Kier molecular flexibility index (Phi) is 3.15. The summed E-state index contributed by atoms with van der Waals surface area (Å²) < 4.78 is 0. The molecule has 2 nitrogen and oxygen atoms in total. The predicted molar refractivity (Wildman–Crippen MR) is 39.4 cm³/mol. The van der Waals surface area contributed by atoms with Crippen molar-refractivity contribution in [2.75, 3.05) is 13.1 Å². The molecule has 1 fully saturated rings. The van der Waals surface area contributed by atoms with Gasteiger partial charge >= 0.3 is 0 Å². The van der Waals surface area contributed by atoms with Crippen LogP contribution in [0.25, 0.3) is 0 Å². The number of hydrogen-bond acceptors (Lipinski definition) is 2. The second kappa shape index (κ2) is 3.18. The van der Waals surface area contributed by atoms with Crippen molar-refractivity contribution in [3.63, 3.8) is 0 Å². The third-order valence-corrected chi connectivity index (χ3v) is 1.62. The van der Waals surface area contributed by atoms with E-state index in [1.165, 1.54) is 0 Å². The lowest BCUT2D eigenvalue weighted by atomic mass is 10.1. The minimum atomic E-state index is -0.0441. The van der Waals surface area contributed by atoms with Gasteiger partial charge in [0.1, 0.15) is 0 Å². The molecule has 0 saturated carbocycles. The van der Waals surface area contributed by atoms with E-state index in [2.05, 4.69) is 18.7 Å². The zero-order valence-corrected chi connectivity index (χ0v) is 5.46. The molecule has 1 aliphatic rings. The maximum absolute atomic E-state index is 8.83. The number of β-amino-alcohol motifs (C(OH)–C–C–N with tert-alkyl or cyclic N) is 1. The Morgan fingerprint density at radius 3 is 2.00 bits per heavy atom. The van der Waals surface area contributed by atoms with Crippen LogP contribution in [0.15, 0.2) is 0 Å². The number of aliphatic hydroxyl groups is 1. The zero-order chi connectivity index (χ0) is 6.15. The van der Waals surface area contributed by atoms with Crippen molar-refractivity contribution in [2.45, 2.75) is 33.4 Å². The van der Waals surface area contributed by atoms with Gasteiger partial charge in [0.05, 0.1) is 6.10 Å². The van der Waals surface area contributed by atoms with E-state index < -0.39 is 0 Å². The van der Waals surface area contributed by atoms with Gasteiger partial charge in [-0.05, 0) is 13.8 Å². The van der Waals surface area contributed by atoms with Gasteiger partial charge in [0.25, 0.3) is 0 Å². The van der Waals surface area contributed by atoms with Crippen LogP contribution in [0, 0.1) is 0 Å². The number of nitrogens with zero attached hydrogens (tertiary/aromatic N) is 1. The molecule has 0 atom stereocenters. The number of likely N-dealkylation sites (tertiary alicyclic amines) is 1. The van der Waals surface area contributed by atoms with E-state index >= 15 is 0 Å². The molecule has 0 spiro atoms. The van der Waals surface area contributed by atoms with Crippen LogP contribution in [0.1, 0.15) is 21.3 Å². The van der Waals surface area contributed by atoms with Crippen molar-refractivity contribution in [1.29, 1.82) is 0 Å². The predicted octanol–water partition coefficient (Wildman–Crippen LogP) is 0.707. The van der Waals surface area contributed by atoms with Crippen molar-refractivity contribution in [3.05, 3.63) is 0 Å². The van der Waals surface area contributed by atoms with Crippen LogP contribution in [-0.2, 0) is 0 Å². The number of hydrogen-bond donors (Lipinski definition) is 1. The Balaban J connectivity index is 0.000000640. The Morgan fingerprint density at radius 2 is 1.89 bits per heavy atom. The smallest absolute Gasteiger partial charge is 0.0794 e. The molecule has 9 heavy (non-hydrogen) atoms. The average Bonchev–Trinajstić information content (AvgIpc) is 1.57. The van der Waals surface area contributed by atoms with E-state index in [-0.39, 0.29) is 13.5 Å². The summed E-state index contributed by atoms with van der Waals surface area (Å²) in [6.45, 7) is 6.03.